The molecule has 98 valence electrons. The van der Waals surface area contributed by atoms with Crippen LogP contribution in [0.2, 0.25) is 13.1 Å². The molecule has 0 amide bonds. The summed E-state index contributed by atoms with van der Waals surface area (Å²) in [5.41, 5.74) is 3.07. The van der Waals surface area contributed by atoms with E-state index in [9.17, 15) is 0 Å². The van der Waals surface area contributed by atoms with Crippen LogP contribution in [0.4, 0.5) is 0 Å². The van der Waals surface area contributed by atoms with Gasteiger partial charge in [-0.2, -0.15) is 0 Å². The molecule has 0 saturated heterocycles. The minimum absolute atomic E-state index is 0.0324. The molecule has 2 aliphatic carbocycles. The molecule has 0 N–H and O–H groups in total. The second-order valence-electron chi connectivity index (χ2n) is 4.99. The van der Waals surface area contributed by atoms with E-state index in [1.165, 1.54) is 24.0 Å². The molecule has 0 heterocycles. The smallest absolute Gasteiger partial charge is 0.146 e. The van der Waals surface area contributed by atoms with Crippen LogP contribution in [0.5, 0.6) is 0 Å². The molecule has 0 spiro atoms. The molecule has 18 heavy (non-hydrogen) atoms. The van der Waals surface area contributed by atoms with Gasteiger partial charge in [-0.25, -0.2) is 0 Å². The molecule has 0 fully saturated rings. The molecule has 0 aliphatic heterocycles. The molecule has 0 aromatic carbocycles. The number of halogens is 2. The molecule has 0 radical (unpaired) electrons. The van der Waals surface area contributed by atoms with Crippen molar-refractivity contribution in [3.05, 3.63) is 43.2 Å². The molecule has 0 atom stereocenters. The molecule has 0 bridgehead atoms. The fraction of sp³-hybridized carbons (Fsp3) is 0.429. The third-order valence-corrected chi connectivity index (χ3v) is 5.44. The van der Waals surface area contributed by atoms with Gasteiger partial charge in [-0.15, -0.1) is 22.2 Å². The fourth-order valence-corrected chi connectivity index (χ4v) is 3.84. The van der Waals surface area contributed by atoms with Crippen LogP contribution < -0.4 is 0 Å². The van der Waals surface area contributed by atoms with Gasteiger partial charge in [0.1, 0.15) is 0 Å². The molecule has 4 heteroatoms. The number of rotatable bonds is 2. The van der Waals surface area contributed by atoms with E-state index >= 15 is 0 Å². The second-order valence-corrected chi connectivity index (χ2v) is 16.2. The molecule has 0 nitrogen and oxygen atoms in total. The van der Waals surface area contributed by atoms with Crippen molar-refractivity contribution >= 4 is 28.9 Å². The van der Waals surface area contributed by atoms with Gasteiger partial charge in [0, 0.05) is 0 Å². The predicted octanol–water partition coefficient (Wildman–Crippen LogP) is 5.70. The zero-order chi connectivity index (χ0) is 13.8. The van der Waals surface area contributed by atoms with Gasteiger partial charge >= 0.3 is 89.0 Å². The monoisotopic (exact) mass is 334 g/mol. The fourth-order valence-electron chi connectivity index (χ4n) is 1.71. The van der Waals surface area contributed by atoms with Crippen molar-refractivity contribution < 1.29 is 19.2 Å². The maximum atomic E-state index is 5.43. The summed E-state index contributed by atoms with van der Waals surface area (Å²) in [5.74, 6) is 0. The van der Waals surface area contributed by atoms with Gasteiger partial charge in [0.05, 0.1) is 0 Å². The molecule has 0 saturated carbocycles. The van der Waals surface area contributed by atoms with E-state index < -0.39 is 6.69 Å². The Kier molecular flexibility index (Phi) is 6.71. The largest absolute Gasteiger partial charge is 0.245 e. The Morgan fingerprint density at radius 1 is 0.944 bits per heavy atom. The molecule has 0 unspecified atom stereocenters. The topological polar surface area (TPSA) is 0 Å². The van der Waals surface area contributed by atoms with Crippen LogP contribution in [0, 0.1) is 0 Å². The summed E-state index contributed by atoms with van der Waals surface area (Å²) in [7, 11) is 0. The normalized spacial score (nSPS) is 18.3. The summed E-state index contributed by atoms with van der Waals surface area (Å²) in [6, 6.07) is 0. The molecular weight excluding hydrogens is 315 g/mol. The van der Waals surface area contributed by atoms with Gasteiger partial charge in [0.2, 0.25) is 6.69 Å². The van der Waals surface area contributed by atoms with Crippen LogP contribution in [0.1, 0.15) is 26.7 Å². The second kappa shape index (κ2) is 7.31. The van der Waals surface area contributed by atoms with Crippen molar-refractivity contribution in [2.24, 2.45) is 0 Å². The van der Waals surface area contributed by atoms with Crippen molar-refractivity contribution in [2.75, 3.05) is 0 Å². The Morgan fingerprint density at radius 2 is 1.28 bits per heavy atom. The van der Waals surface area contributed by atoms with Crippen molar-refractivity contribution in [2.45, 2.75) is 39.8 Å². The maximum Gasteiger partial charge on any atom is 0.245 e. The van der Waals surface area contributed by atoms with Crippen molar-refractivity contribution in [3.63, 3.8) is 0 Å². The van der Waals surface area contributed by atoms with E-state index in [0.29, 0.717) is 0 Å². The zero-order valence-corrected chi connectivity index (χ0v) is 15.6. The first-order valence-corrected chi connectivity index (χ1v) is 12.7. The van der Waals surface area contributed by atoms with Gasteiger partial charge in [-0.3, -0.25) is 0 Å². The van der Waals surface area contributed by atoms with E-state index in [1.807, 2.05) is 13.1 Å². The standard InChI is InChI=1S/2C6H7.C2H6Cl2Si.Ti/c2*1-6-4-2-3-5-6;1-5(2,3)4;/h2*2,4H,3H2,1H3;1-2H3;. The Morgan fingerprint density at radius 3 is 1.50 bits per heavy atom. The molecule has 0 aromatic heterocycles. The van der Waals surface area contributed by atoms with Crippen LogP contribution in [-0.4, -0.2) is 6.69 Å². The Bertz CT molecular complexity index is 386. The maximum absolute atomic E-state index is 5.43. The van der Waals surface area contributed by atoms with Crippen LogP contribution in [-0.2, 0) is 19.2 Å². The van der Waals surface area contributed by atoms with E-state index in [2.05, 4.69) is 38.2 Å². The number of allylic oxidation sites excluding steroid dienone is 8. The third-order valence-electron chi connectivity index (χ3n) is 2.63. The number of hydrogen-bond donors (Lipinski definition) is 0. The summed E-state index contributed by atoms with van der Waals surface area (Å²) in [4.78, 5) is 0. The van der Waals surface area contributed by atoms with E-state index in [0.717, 1.165) is 0 Å². The average molecular weight is 335 g/mol. The minimum atomic E-state index is -1.67. The Hall–Kier alpha value is 0.471. The molecular formula is C14H20Cl2SiTi. The quantitative estimate of drug-likeness (QED) is 0.448. The molecule has 0 aromatic rings. The summed E-state index contributed by atoms with van der Waals surface area (Å²) < 4.78 is 3.47. The van der Waals surface area contributed by atoms with E-state index in [4.69, 9.17) is 22.2 Å². The van der Waals surface area contributed by atoms with E-state index in [-0.39, 0.29) is 19.2 Å². The van der Waals surface area contributed by atoms with Crippen molar-refractivity contribution in [3.8, 4) is 0 Å². The van der Waals surface area contributed by atoms with Gasteiger partial charge in [0.25, 0.3) is 0 Å². The summed E-state index contributed by atoms with van der Waals surface area (Å²) >= 11 is 10.9. The van der Waals surface area contributed by atoms with E-state index in [1.54, 1.807) is 7.76 Å². The van der Waals surface area contributed by atoms with Gasteiger partial charge < -0.3 is 0 Å². The average Bonchev–Trinajstić information content (AvgIpc) is 2.76. The molecule has 2 aliphatic rings. The van der Waals surface area contributed by atoms with Crippen molar-refractivity contribution in [1.82, 2.24) is 0 Å². The first kappa shape index (κ1) is 16.5. The first-order chi connectivity index (χ1) is 8.27. The third kappa shape index (κ3) is 6.58. The summed E-state index contributed by atoms with van der Waals surface area (Å²) in [6.07, 6.45) is 11.6. The van der Waals surface area contributed by atoms with Crippen molar-refractivity contribution in [1.29, 1.82) is 0 Å². The summed E-state index contributed by atoms with van der Waals surface area (Å²) in [6.45, 7) is 6.55. The van der Waals surface area contributed by atoms with Crippen LogP contribution in [0.3, 0.4) is 0 Å². The van der Waals surface area contributed by atoms with Gasteiger partial charge in [-0.1, -0.05) is 0 Å². The first-order valence-electron chi connectivity index (χ1n) is 6.15. The molecule has 2 rings (SSSR count). The van der Waals surface area contributed by atoms with Crippen LogP contribution in [0.25, 0.3) is 0 Å². The Labute approximate surface area is 130 Å². The van der Waals surface area contributed by atoms with Gasteiger partial charge in [-0.05, 0) is 13.1 Å². The number of hydrogen-bond acceptors (Lipinski definition) is 0. The van der Waals surface area contributed by atoms with Crippen LogP contribution in [0.15, 0.2) is 43.2 Å². The predicted molar refractivity (Wildman–Crippen MR) is 82.1 cm³/mol. The SMILES string of the molecule is CC1=[C]([Ti][C]2=C(C)C=CC2)CC=C1.C[Si](C)(Cl)Cl. The van der Waals surface area contributed by atoms with Crippen LogP contribution >= 0.6 is 22.2 Å². The van der Waals surface area contributed by atoms with Gasteiger partial charge in [0.15, 0.2) is 0 Å². The Balaban J connectivity index is 0.000000280. The summed E-state index contributed by atoms with van der Waals surface area (Å²) in [5, 5.41) is 0. The minimum Gasteiger partial charge on any atom is -0.146 e. The zero-order valence-electron chi connectivity index (χ0n) is 11.5.